The van der Waals surface area contributed by atoms with E-state index < -0.39 is 0 Å². The van der Waals surface area contributed by atoms with E-state index in [4.69, 9.17) is 9.47 Å². The number of ether oxygens (including phenoxy) is 2. The van der Waals surface area contributed by atoms with E-state index in [1.807, 2.05) is 35.0 Å². The lowest BCUT2D eigenvalue weighted by atomic mass is 10.00. The molecular weight excluding hydrogens is 423 g/mol. The van der Waals surface area contributed by atoms with Crippen LogP contribution in [0.3, 0.4) is 0 Å². The Morgan fingerprint density at radius 3 is 2.24 bits per heavy atom. The molecule has 1 aromatic heterocycles. The summed E-state index contributed by atoms with van der Waals surface area (Å²) in [6, 6.07) is 12.3. The van der Waals surface area contributed by atoms with Gasteiger partial charge in [-0.2, -0.15) is 0 Å². The molecule has 33 heavy (non-hydrogen) atoms. The van der Waals surface area contributed by atoms with Gasteiger partial charge >= 0.3 is 0 Å². The van der Waals surface area contributed by atoms with Gasteiger partial charge in [-0.05, 0) is 67.6 Å². The molecule has 3 aromatic rings. The molecule has 0 spiro atoms. The fourth-order valence-corrected chi connectivity index (χ4v) is 4.28. The molecule has 0 amide bonds. The average Bonchev–Trinajstić information content (AvgIpc) is 3.31. The number of piperazine rings is 1. The van der Waals surface area contributed by atoms with E-state index in [9.17, 15) is 4.39 Å². The SMILES string of the molecule is COc1ccc(C(c2nnnn2C(C)(C)C)N2CCN(c3ccc(F)cc3)CC2)c(OC)c1. The summed E-state index contributed by atoms with van der Waals surface area (Å²) in [5.41, 5.74) is 1.72. The molecule has 0 radical (unpaired) electrons. The molecule has 1 aliphatic rings. The highest BCUT2D eigenvalue weighted by Crippen LogP contribution is 2.37. The number of benzene rings is 2. The van der Waals surface area contributed by atoms with Gasteiger partial charge in [0.2, 0.25) is 0 Å². The summed E-state index contributed by atoms with van der Waals surface area (Å²) in [7, 11) is 3.30. The van der Waals surface area contributed by atoms with E-state index in [1.165, 1.54) is 12.1 Å². The van der Waals surface area contributed by atoms with Gasteiger partial charge in [-0.1, -0.05) is 0 Å². The van der Waals surface area contributed by atoms with Crippen molar-refractivity contribution in [2.75, 3.05) is 45.3 Å². The van der Waals surface area contributed by atoms with Gasteiger partial charge in [0.1, 0.15) is 23.4 Å². The van der Waals surface area contributed by atoms with Crippen molar-refractivity contribution in [1.29, 1.82) is 0 Å². The van der Waals surface area contributed by atoms with Crippen molar-refractivity contribution in [1.82, 2.24) is 25.1 Å². The van der Waals surface area contributed by atoms with E-state index in [0.717, 1.165) is 54.8 Å². The van der Waals surface area contributed by atoms with Gasteiger partial charge in [-0.3, -0.25) is 4.90 Å². The molecule has 2 heterocycles. The largest absolute Gasteiger partial charge is 0.497 e. The summed E-state index contributed by atoms with van der Waals surface area (Å²) in [4.78, 5) is 4.64. The molecule has 1 fully saturated rings. The van der Waals surface area contributed by atoms with Crippen LogP contribution in [0.25, 0.3) is 0 Å². The smallest absolute Gasteiger partial charge is 0.173 e. The van der Waals surface area contributed by atoms with Crippen LogP contribution in [0, 0.1) is 5.82 Å². The maximum absolute atomic E-state index is 13.4. The second kappa shape index (κ2) is 9.35. The molecule has 0 bridgehead atoms. The topological polar surface area (TPSA) is 68.5 Å². The van der Waals surface area contributed by atoms with Crippen LogP contribution >= 0.6 is 0 Å². The minimum absolute atomic E-state index is 0.199. The minimum atomic E-state index is -0.285. The summed E-state index contributed by atoms with van der Waals surface area (Å²) < 4.78 is 26.4. The van der Waals surface area contributed by atoms with E-state index in [-0.39, 0.29) is 17.4 Å². The number of aromatic nitrogens is 4. The lowest BCUT2D eigenvalue weighted by Crippen LogP contribution is -2.48. The number of tetrazole rings is 1. The maximum Gasteiger partial charge on any atom is 0.173 e. The normalized spacial score (nSPS) is 16.0. The lowest BCUT2D eigenvalue weighted by Gasteiger charge is -2.40. The van der Waals surface area contributed by atoms with Crippen molar-refractivity contribution < 1.29 is 13.9 Å². The fourth-order valence-electron chi connectivity index (χ4n) is 4.28. The Hall–Kier alpha value is -3.20. The third kappa shape index (κ3) is 4.78. The predicted octanol–water partition coefficient (Wildman–Crippen LogP) is 3.50. The predicted molar refractivity (Wildman–Crippen MR) is 124 cm³/mol. The van der Waals surface area contributed by atoms with Crippen molar-refractivity contribution in [3.05, 3.63) is 59.7 Å². The van der Waals surface area contributed by atoms with Gasteiger partial charge in [0, 0.05) is 43.5 Å². The van der Waals surface area contributed by atoms with E-state index in [1.54, 1.807) is 14.2 Å². The molecular formula is C24H31FN6O2. The first-order chi connectivity index (χ1) is 15.8. The Morgan fingerprint density at radius 1 is 0.939 bits per heavy atom. The zero-order valence-electron chi connectivity index (χ0n) is 19.8. The number of nitrogens with zero attached hydrogens (tertiary/aromatic N) is 6. The average molecular weight is 455 g/mol. The highest BCUT2D eigenvalue weighted by molar-refractivity contribution is 5.47. The molecule has 8 nitrogen and oxygen atoms in total. The number of hydrogen-bond donors (Lipinski definition) is 0. The fraction of sp³-hybridized carbons (Fsp3) is 0.458. The van der Waals surface area contributed by atoms with E-state index in [2.05, 4.69) is 46.1 Å². The van der Waals surface area contributed by atoms with Crippen LogP contribution in [0.2, 0.25) is 0 Å². The Morgan fingerprint density at radius 2 is 1.64 bits per heavy atom. The van der Waals surface area contributed by atoms with Gasteiger partial charge in [0.25, 0.3) is 0 Å². The van der Waals surface area contributed by atoms with Gasteiger partial charge in [-0.15, -0.1) is 5.10 Å². The second-order valence-corrected chi connectivity index (χ2v) is 9.13. The van der Waals surface area contributed by atoms with Crippen LogP contribution in [-0.4, -0.2) is 65.5 Å². The van der Waals surface area contributed by atoms with Gasteiger partial charge < -0.3 is 14.4 Å². The quantitative estimate of drug-likeness (QED) is 0.565. The van der Waals surface area contributed by atoms with Crippen molar-refractivity contribution in [3.63, 3.8) is 0 Å². The first-order valence-electron chi connectivity index (χ1n) is 11.1. The second-order valence-electron chi connectivity index (χ2n) is 9.13. The molecule has 0 N–H and O–H groups in total. The van der Waals surface area contributed by atoms with Crippen molar-refractivity contribution in [2.45, 2.75) is 32.4 Å². The summed E-state index contributed by atoms with van der Waals surface area (Å²) >= 11 is 0. The van der Waals surface area contributed by atoms with Crippen LogP contribution in [0.1, 0.15) is 38.2 Å². The van der Waals surface area contributed by atoms with Gasteiger partial charge in [0.05, 0.1) is 19.8 Å². The molecule has 4 rings (SSSR count). The first-order valence-corrected chi connectivity index (χ1v) is 11.1. The Labute approximate surface area is 193 Å². The summed E-state index contributed by atoms with van der Waals surface area (Å²) in [5.74, 6) is 1.99. The first kappa shape index (κ1) is 23.0. The molecule has 2 aromatic carbocycles. The number of rotatable bonds is 6. The zero-order valence-corrected chi connectivity index (χ0v) is 19.8. The highest BCUT2D eigenvalue weighted by atomic mass is 19.1. The molecule has 1 unspecified atom stereocenters. The van der Waals surface area contributed by atoms with Gasteiger partial charge in [0.15, 0.2) is 5.82 Å². The molecule has 1 saturated heterocycles. The molecule has 0 aliphatic carbocycles. The number of hydrogen-bond acceptors (Lipinski definition) is 7. The Kier molecular flexibility index (Phi) is 6.51. The Balaban J connectivity index is 1.69. The van der Waals surface area contributed by atoms with E-state index in [0.29, 0.717) is 0 Å². The maximum atomic E-state index is 13.4. The molecule has 0 saturated carbocycles. The van der Waals surface area contributed by atoms with E-state index >= 15 is 0 Å². The van der Waals surface area contributed by atoms with Crippen LogP contribution in [-0.2, 0) is 5.54 Å². The molecule has 1 atom stereocenters. The van der Waals surface area contributed by atoms with Crippen LogP contribution in [0.15, 0.2) is 42.5 Å². The highest BCUT2D eigenvalue weighted by Gasteiger charge is 2.35. The summed E-state index contributed by atoms with van der Waals surface area (Å²) in [5, 5.41) is 12.8. The summed E-state index contributed by atoms with van der Waals surface area (Å²) in [6.45, 7) is 9.43. The third-order valence-corrected chi connectivity index (χ3v) is 5.98. The van der Waals surface area contributed by atoms with Crippen LogP contribution < -0.4 is 14.4 Å². The van der Waals surface area contributed by atoms with Gasteiger partial charge in [-0.25, -0.2) is 9.07 Å². The number of anilines is 1. The molecule has 1 aliphatic heterocycles. The zero-order chi connectivity index (χ0) is 23.6. The minimum Gasteiger partial charge on any atom is -0.497 e. The number of halogens is 1. The summed E-state index contributed by atoms with van der Waals surface area (Å²) in [6.07, 6.45) is 0. The van der Waals surface area contributed by atoms with Crippen molar-refractivity contribution in [3.8, 4) is 11.5 Å². The third-order valence-electron chi connectivity index (χ3n) is 5.98. The Bertz CT molecular complexity index is 1070. The van der Waals surface area contributed by atoms with Crippen molar-refractivity contribution >= 4 is 5.69 Å². The van der Waals surface area contributed by atoms with Crippen LogP contribution in [0.5, 0.6) is 11.5 Å². The molecule has 9 heteroatoms. The monoisotopic (exact) mass is 454 g/mol. The standard InChI is InChI=1S/C24H31FN6O2/c1-24(2,3)31-23(26-27-28-31)22(20-11-10-19(32-4)16-21(20)33-5)30-14-12-29(13-15-30)18-8-6-17(25)7-9-18/h6-11,16,22H,12-15H2,1-5H3. The lowest BCUT2D eigenvalue weighted by molar-refractivity contribution is 0.188. The number of methoxy groups -OCH3 is 2. The van der Waals surface area contributed by atoms with Crippen molar-refractivity contribution in [2.24, 2.45) is 0 Å². The van der Waals surface area contributed by atoms with Crippen LogP contribution in [0.4, 0.5) is 10.1 Å². The molecule has 176 valence electrons.